The monoisotopic (exact) mass is 375 g/mol. The van der Waals surface area contributed by atoms with Gasteiger partial charge in [-0.3, -0.25) is 4.79 Å². The molecular formula is C22H25N5O. The van der Waals surface area contributed by atoms with E-state index in [0.717, 1.165) is 47.2 Å². The van der Waals surface area contributed by atoms with Crippen molar-refractivity contribution in [1.82, 2.24) is 19.4 Å². The summed E-state index contributed by atoms with van der Waals surface area (Å²) < 4.78 is 1.98. The van der Waals surface area contributed by atoms with E-state index in [0.29, 0.717) is 13.1 Å². The number of anilines is 1. The lowest BCUT2D eigenvalue weighted by molar-refractivity contribution is 0.0745. The van der Waals surface area contributed by atoms with Crippen LogP contribution in [0.25, 0.3) is 5.82 Å². The van der Waals surface area contributed by atoms with Crippen LogP contribution in [0.1, 0.15) is 27.3 Å². The van der Waals surface area contributed by atoms with E-state index in [-0.39, 0.29) is 5.91 Å². The van der Waals surface area contributed by atoms with Crippen LogP contribution < -0.4 is 4.90 Å². The zero-order valence-corrected chi connectivity index (χ0v) is 16.6. The Kier molecular flexibility index (Phi) is 4.86. The number of piperazine rings is 1. The summed E-state index contributed by atoms with van der Waals surface area (Å²) in [6.45, 7) is 8.83. The molecule has 0 spiro atoms. The molecule has 1 aliphatic heterocycles. The molecule has 0 aliphatic carbocycles. The minimum Gasteiger partial charge on any atom is -0.353 e. The fraction of sp³-hybridized carbons (Fsp3) is 0.318. The number of hydrogen-bond acceptors (Lipinski definition) is 4. The van der Waals surface area contributed by atoms with Crippen LogP contribution in [0.2, 0.25) is 0 Å². The molecule has 1 fully saturated rings. The molecule has 0 bridgehead atoms. The molecule has 6 nitrogen and oxygen atoms in total. The highest BCUT2D eigenvalue weighted by Crippen LogP contribution is 2.20. The number of aryl methyl sites for hydroxylation is 3. The minimum absolute atomic E-state index is 0.118. The molecule has 4 rings (SSSR count). The molecular weight excluding hydrogens is 350 g/mol. The van der Waals surface area contributed by atoms with E-state index in [1.54, 1.807) is 0 Å². The van der Waals surface area contributed by atoms with Crippen molar-refractivity contribution in [2.24, 2.45) is 0 Å². The molecule has 0 unspecified atom stereocenters. The number of aromatic nitrogens is 3. The number of hydrogen-bond donors (Lipinski definition) is 0. The third-order valence-corrected chi connectivity index (χ3v) is 5.19. The lowest BCUT2D eigenvalue weighted by Crippen LogP contribution is -2.49. The molecule has 1 aromatic carbocycles. The SMILES string of the molecule is Cc1ccc(C)c(C(=O)N2CCN(c3cc(-n4cccc4)nc(C)n3)CC2)c1. The molecule has 0 radical (unpaired) electrons. The summed E-state index contributed by atoms with van der Waals surface area (Å²) in [5.74, 6) is 2.64. The van der Waals surface area contributed by atoms with Gasteiger partial charge in [0.25, 0.3) is 5.91 Å². The second-order valence-corrected chi connectivity index (χ2v) is 7.32. The molecule has 28 heavy (non-hydrogen) atoms. The summed E-state index contributed by atoms with van der Waals surface area (Å²) in [4.78, 5) is 26.3. The van der Waals surface area contributed by atoms with E-state index in [1.807, 2.05) is 79.0 Å². The number of benzene rings is 1. The predicted molar refractivity (Wildman–Crippen MR) is 110 cm³/mol. The van der Waals surface area contributed by atoms with E-state index in [9.17, 15) is 4.79 Å². The molecule has 1 aliphatic rings. The highest BCUT2D eigenvalue weighted by atomic mass is 16.2. The topological polar surface area (TPSA) is 54.3 Å². The van der Waals surface area contributed by atoms with Crippen LogP contribution >= 0.6 is 0 Å². The molecule has 0 saturated carbocycles. The largest absolute Gasteiger partial charge is 0.353 e. The van der Waals surface area contributed by atoms with Crippen LogP contribution in [-0.2, 0) is 0 Å². The minimum atomic E-state index is 0.118. The zero-order valence-electron chi connectivity index (χ0n) is 16.6. The van der Waals surface area contributed by atoms with E-state index in [1.165, 1.54) is 0 Å². The third kappa shape index (κ3) is 3.63. The van der Waals surface area contributed by atoms with E-state index < -0.39 is 0 Å². The fourth-order valence-electron chi connectivity index (χ4n) is 3.59. The first-order valence-corrected chi connectivity index (χ1v) is 9.62. The third-order valence-electron chi connectivity index (χ3n) is 5.19. The van der Waals surface area contributed by atoms with Gasteiger partial charge >= 0.3 is 0 Å². The molecule has 144 valence electrons. The Morgan fingerprint density at radius 3 is 2.29 bits per heavy atom. The van der Waals surface area contributed by atoms with Crippen LogP contribution in [0.15, 0.2) is 48.8 Å². The van der Waals surface area contributed by atoms with Crippen molar-refractivity contribution in [3.63, 3.8) is 0 Å². The van der Waals surface area contributed by atoms with Crippen molar-refractivity contribution >= 4 is 11.7 Å². The van der Waals surface area contributed by atoms with Crippen molar-refractivity contribution in [3.8, 4) is 5.82 Å². The first-order chi connectivity index (χ1) is 13.5. The molecule has 1 saturated heterocycles. The Bertz CT molecular complexity index is 988. The summed E-state index contributed by atoms with van der Waals surface area (Å²) in [5.41, 5.74) is 2.95. The molecule has 2 aromatic heterocycles. The maximum atomic E-state index is 13.0. The van der Waals surface area contributed by atoms with Gasteiger partial charge in [0.15, 0.2) is 0 Å². The zero-order chi connectivity index (χ0) is 19.7. The van der Waals surface area contributed by atoms with Crippen molar-refractivity contribution in [3.05, 3.63) is 71.3 Å². The van der Waals surface area contributed by atoms with E-state index in [2.05, 4.69) is 14.9 Å². The Balaban J connectivity index is 1.49. The van der Waals surface area contributed by atoms with Crippen molar-refractivity contribution in [1.29, 1.82) is 0 Å². The normalized spacial score (nSPS) is 14.4. The van der Waals surface area contributed by atoms with Gasteiger partial charge in [0.2, 0.25) is 0 Å². The Hall–Kier alpha value is -3.15. The Labute approximate surface area is 165 Å². The summed E-state index contributed by atoms with van der Waals surface area (Å²) in [7, 11) is 0. The second-order valence-electron chi connectivity index (χ2n) is 7.32. The lowest BCUT2D eigenvalue weighted by Gasteiger charge is -2.35. The number of nitrogens with zero attached hydrogens (tertiary/aromatic N) is 5. The molecule has 1 amide bonds. The smallest absolute Gasteiger partial charge is 0.254 e. The van der Waals surface area contributed by atoms with Crippen LogP contribution in [0.4, 0.5) is 5.82 Å². The fourth-order valence-corrected chi connectivity index (χ4v) is 3.59. The van der Waals surface area contributed by atoms with Crippen LogP contribution in [0, 0.1) is 20.8 Å². The number of amides is 1. The summed E-state index contributed by atoms with van der Waals surface area (Å²) >= 11 is 0. The van der Waals surface area contributed by atoms with Gasteiger partial charge in [0, 0.05) is 50.2 Å². The van der Waals surface area contributed by atoms with Gasteiger partial charge in [0.1, 0.15) is 17.5 Å². The van der Waals surface area contributed by atoms with Crippen LogP contribution in [0.5, 0.6) is 0 Å². The van der Waals surface area contributed by atoms with Crippen molar-refractivity contribution in [2.75, 3.05) is 31.1 Å². The standard InChI is InChI=1S/C22H25N5O/c1-16-6-7-17(2)19(14-16)22(28)27-12-10-26(11-13-27)21-15-20(23-18(3)24-21)25-8-4-5-9-25/h4-9,14-15H,10-13H2,1-3H3. The van der Waals surface area contributed by atoms with Gasteiger partial charge in [-0.2, -0.15) is 0 Å². The van der Waals surface area contributed by atoms with E-state index >= 15 is 0 Å². The molecule has 3 aromatic rings. The summed E-state index contributed by atoms with van der Waals surface area (Å²) in [5, 5.41) is 0. The second kappa shape index (κ2) is 7.46. The van der Waals surface area contributed by atoms with Crippen molar-refractivity contribution < 1.29 is 4.79 Å². The summed E-state index contributed by atoms with van der Waals surface area (Å²) in [6.07, 6.45) is 3.96. The average molecular weight is 375 g/mol. The van der Waals surface area contributed by atoms with Gasteiger partial charge in [0.05, 0.1) is 0 Å². The van der Waals surface area contributed by atoms with Gasteiger partial charge in [-0.15, -0.1) is 0 Å². The van der Waals surface area contributed by atoms with Gasteiger partial charge < -0.3 is 14.4 Å². The van der Waals surface area contributed by atoms with Gasteiger partial charge in [-0.1, -0.05) is 17.7 Å². The average Bonchev–Trinajstić information content (AvgIpc) is 3.24. The predicted octanol–water partition coefficient (Wildman–Crippen LogP) is 3.15. The molecule has 0 N–H and O–H groups in total. The highest BCUT2D eigenvalue weighted by Gasteiger charge is 2.24. The lowest BCUT2D eigenvalue weighted by atomic mass is 10.0. The summed E-state index contributed by atoms with van der Waals surface area (Å²) in [6, 6.07) is 12.0. The van der Waals surface area contributed by atoms with Crippen LogP contribution in [0.3, 0.4) is 0 Å². The van der Waals surface area contributed by atoms with Gasteiger partial charge in [-0.05, 0) is 44.5 Å². The first kappa shape index (κ1) is 18.2. The number of carbonyl (C=O) groups is 1. The van der Waals surface area contributed by atoms with Crippen molar-refractivity contribution in [2.45, 2.75) is 20.8 Å². The maximum Gasteiger partial charge on any atom is 0.254 e. The highest BCUT2D eigenvalue weighted by molar-refractivity contribution is 5.96. The van der Waals surface area contributed by atoms with Crippen LogP contribution in [-0.4, -0.2) is 51.5 Å². The molecule has 3 heterocycles. The van der Waals surface area contributed by atoms with E-state index in [4.69, 9.17) is 0 Å². The Morgan fingerprint density at radius 1 is 0.893 bits per heavy atom. The number of rotatable bonds is 3. The molecule has 0 atom stereocenters. The Morgan fingerprint density at radius 2 is 1.57 bits per heavy atom. The van der Waals surface area contributed by atoms with Gasteiger partial charge in [-0.25, -0.2) is 9.97 Å². The first-order valence-electron chi connectivity index (χ1n) is 9.62. The maximum absolute atomic E-state index is 13.0. The number of carbonyl (C=O) groups excluding carboxylic acids is 1. The molecule has 6 heteroatoms. The quantitative estimate of drug-likeness (QED) is 0.706.